The molecule has 2 aromatic carbocycles. The number of hydrogen-bond donors (Lipinski definition) is 1. The van der Waals surface area contributed by atoms with Crippen LogP contribution in [0, 0.1) is 13.8 Å². The highest BCUT2D eigenvalue weighted by Gasteiger charge is 2.18. The number of rotatable bonds is 5. The Hall–Kier alpha value is -2.29. The summed E-state index contributed by atoms with van der Waals surface area (Å²) in [6.45, 7) is 10.2. The summed E-state index contributed by atoms with van der Waals surface area (Å²) in [7, 11) is 1.67. The van der Waals surface area contributed by atoms with E-state index in [2.05, 4.69) is 38.2 Å². The molecule has 2 rings (SSSR count). The Morgan fingerprint density at radius 3 is 2.25 bits per heavy atom. The van der Waals surface area contributed by atoms with E-state index in [0.717, 1.165) is 22.4 Å². The Kier molecular flexibility index (Phi) is 5.66. The monoisotopic (exact) mass is 325 g/mol. The molecule has 0 heterocycles. The van der Waals surface area contributed by atoms with E-state index in [0.29, 0.717) is 11.5 Å². The van der Waals surface area contributed by atoms with Crippen LogP contribution in [0.25, 0.3) is 0 Å². The van der Waals surface area contributed by atoms with Crippen molar-refractivity contribution in [2.24, 2.45) is 0 Å². The number of carbonyl (C=O) groups excluding carboxylic acids is 1. The van der Waals surface area contributed by atoms with Crippen LogP contribution in [0.15, 0.2) is 36.4 Å². The normalized spacial score (nSPS) is 12.1. The van der Waals surface area contributed by atoms with E-state index in [-0.39, 0.29) is 11.9 Å². The zero-order chi connectivity index (χ0) is 17.9. The molecule has 0 aliphatic carbocycles. The van der Waals surface area contributed by atoms with E-state index in [1.54, 1.807) is 7.11 Å². The molecule has 128 valence electrons. The predicted molar refractivity (Wildman–Crippen MR) is 98.9 cm³/mol. The van der Waals surface area contributed by atoms with Crippen LogP contribution >= 0.6 is 0 Å². The van der Waals surface area contributed by atoms with Crippen LogP contribution in [0.1, 0.15) is 65.3 Å². The zero-order valence-electron chi connectivity index (χ0n) is 15.4. The number of benzene rings is 2. The fraction of sp³-hybridized carbons (Fsp3) is 0.381. The smallest absolute Gasteiger partial charge is 0.252 e. The van der Waals surface area contributed by atoms with Gasteiger partial charge >= 0.3 is 0 Å². The molecule has 0 fully saturated rings. The number of amides is 1. The minimum absolute atomic E-state index is 0.0392. The second-order valence-electron chi connectivity index (χ2n) is 6.62. The molecule has 0 unspecified atom stereocenters. The highest BCUT2D eigenvalue weighted by atomic mass is 16.5. The van der Waals surface area contributed by atoms with E-state index >= 15 is 0 Å². The highest BCUT2D eigenvalue weighted by Crippen LogP contribution is 2.30. The van der Waals surface area contributed by atoms with Crippen LogP contribution in [-0.4, -0.2) is 13.0 Å². The maximum Gasteiger partial charge on any atom is 0.252 e. The molecule has 0 radical (unpaired) electrons. The molecular weight excluding hydrogens is 298 g/mol. The summed E-state index contributed by atoms with van der Waals surface area (Å²) in [5, 5.41) is 3.12. The zero-order valence-corrected chi connectivity index (χ0v) is 15.4. The van der Waals surface area contributed by atoms with Crippen LogP contribution < -0.4 is 10.1 Å². The van der Waals surface area contributed by atoms with Crippen LogP contribution in [0.5, 0.6) is 5.75 Å². The summed E-state index contributed by atoms with van der Waals surface area (Å²) < 4.78 is 5.46. The molecule has 24 heavy (non-hydrogen) atoms. The van der Waals surface area contributed by atoms with Gasteiger partial charge in [0, 0.05) is 5.56 Å². The summed E-state index contributed by atoms with van der Waals surface area (Å²) in [5.41, 5.74) is 5.00. The van der Waals surface area contributed by atoms with Crippen LogP contribution in [-0.2, 0) is 0 Å². The third-order valence-corrected chi connectivity index (χ3v) is 4.45. The molecule has 0 aliphatic rings. The summed E-state index contributed by atoms with van der Waals surface area (Å²) in [5.74, 6) is 1.08. The van der Waals surface area contributed by atoms with Crippen molar-refractivity contribution in [1.29, 1.82) is 0 Å². The second-order valence-corrected chi connectivity index (χ2v) is 6.62. The van der Waals surface area contributed by atoms with Crippen molar-refractivity contribution in [1.82, 2.24) is 5.32 Å². The van der Waals surface area contributed by atoms with E-state index in [9.17, 15) is 4.79 Å². The van der Waals surface area contributed by atoms with Crippen molar-refractivity contribution in [2.75, 3.05) is 7.11 Å². The summed E-state index contributed by atoms with van der Waals surface area (Å²) >= 11 is 0. The lowest BCUT2D eigenvalue weighted by atomic mass is 9.95. The van der Waals surface area contributed by atoms with Crippen molar-refractivity contribution in [2.45, 2.75) is 46.6 Å². The minimum Gasteiger partial charge on any atom is -0.496 e. The molecule has 0 spiro atoms. The molecule has 1 N–H and O–H groups in total. The summed E-state index contributed by atoms with van der Waals surface area (Å²) in [6.07, 6.45) is 0. The molecule has 1 atom stereocenters. The Labute approximate surface area is 145 Å². The van der Waals surface area contributed by atoms with Crippen molar-refractivity contribution in [3.8, 4) is 5.75 Å². The van der Waals surface area contributed by atoms with Gasteiger partial charge in [-0.15, -0.1) is 0 Å². The van der Waals surface area contributed by atoms with Gasteiger partial charge in [0.1, 0.15) is 5.75 Å². The standard InChI is InChI=1S/C21H27NO2/c1-13(2)18-12-19(15(4)11-20(18)24-6)21(23)22-16(5)17-10-8-7-9-14(17)3/h7-13,16H,1-6H3,(H,22,23)/t16-/m1/s1. The molecule has 3 heteroatoms. The number of methoxy groups -OCH3 is 1. The first kappa shape index (κ1) is 18.1. The fourth-order valence-corrected chi connectivity index (χ4v) is 3.00. The van der Waals surface area contributed by atoms with Gasteiger partial charge < -0.3 is 10.1 Å². The van der Waals surface area contributed by atoms with E-state index in [1.807, 2.05) is 38.1 Å². The van der Waals surface area contributed by atoms with Gasteiger partial charge in [0.15, 0.2) is 0 Å². The third-order valence-electron chi connectivity index (χ3n) is 4.45. The van der Waals surface area contributed by atoms with Gasteiger partial charge in [-0.3, -0.25) is 4.79 Å². The van der Waals surface area contributed by atoms with Gasteiger partial charge in [-0.1, -0.05) is 38.1 Å². The average molecular weight is 325 g/mol. The molecule has 0 saturated carbocycles. The van der Waals surface area contributed by atoms with Crippen molar-refractivity contribution in [3.63, 3.8) is 0 Å². The first-order valence-electron chi connectivity index (χ1n) is 8.40. The largest absolute Gasteiger partial charge is 0.496 e. The lowest BCUT2D eigenvalue weighted by molar-refractivity contribution is 0.0939. The number of nitrogens with one attached hydrogen (secondary N) is 1. The van der Waals surface area contributed by atoms with E-state index < -0.39 is 0 Å². The lowest BCUT2D eigenvalue weighted by Gasteiger charge is -2.19. The van der Waals surface area contributed by atoms with Crippen LogP contribution in [0.3, 0.4) is 0 Å². The molecule has 3 nitrogen and oxygen atoms in total. The Bertz CT molecular complexity index is 735. The maximum atomic E-state index is 12.8. The van der Waals surface area contributed by atoms with Crippen LogP contribution in [0.2, 0.25) is 0 Å². The molecule has 0 aliphatic heterocycles. The predicted octanol–water partition coefficient (Wildman–Crippen LogP) is 4.93. The van der Waals surface area contributed by atoms with E-state index in [1.165, 1.54) is 5.56 Å². The topological polar surface area (TPSA) is 38.3 Å². The lowest BCUT2D eigenvalue weighted by Crippen LogP contribution is -2.28. The SMILES string of the molecule is COc1cc(C)c(C(=O)N[C@H](C)c2ccccc2C)cc1C(C)C. The highest BCUT2D eigenvalue weighted by molar-refractivity contribution is 5.96. The Morgan fingerprint density at radius 1 is 1.00 bits per heavy atom. The maximum absolute atomic E-state index is 12.8. The van der Waals surface area contributed by atoms with E-state index in [4.69, 9.17) is 4.74 Å². The number of carbonyl (C=O) groups is 1. The van der Waals surface area contributed by atoms with Crippen molar-refractivity contribution >= 4 is 5.91 Å². The fourth-order valence-electron chi connectivity index (χ4n) is 3.00. The molecule has 0 saturated heterocycles. The van der Waals surface area contributed by atoms with Gasteiger partial charge in [0.05, 0.1) is 13.2 Å². The number of hydrogen-bond acceptors (Lipinski definition) is 2. The average Bonchev–Trinajstić information content (AvgIpc) is 2.54. The summed E-state index contributed by atoms with van der Waals surface area (Å²) in [6, 6.07) is 12.0. The molecule has 1 amide bonds. The quantitative estimate of drug-likeness (QED) is 0.847. The van der Waals surface area contributed by atoms with Gasteiger partial charge in [0.2, 0.25) is 0 Å². The second kappa shape index (κ2) is 7.52. The molecular formula is C21H27NO2. The third kappa shape index (κ3) is 3.78. The Morgan fingerprint density at radius 2 is 1.67 bits per heavy atom. The minimum atomic E-state index is -0.0483. The van der Waals surface area contributed by atoms with Gasteiger partial charge in [-0.05, 0) is 61.1 Å². The number of ether oxygens (including phenoxy) is 1. The van der Waals surface area contributed by atoms with Crippen molar-refractivity contribution in [3.05, 3.63) is 64.2 Å². The number of aryl methyl sites for hydroxylation is 2. The first-order valence-corrected chi connectivity index (χ1v) is 8.40. The molecule has 0 aromatic heterocycles. The van der Waals surface area contributed by atoms with Crippen LogP contribution in [0.4, 0.5) is 0 Å². The Balaban J connectivity index is 2.30. The van der Waals surface area contributed by atoms with Crippen molar-refractivity contribution < 1.29 is 9.53 Å². The molecule has 0 bridgehead atoms. The van der Waals surface area contributed by atoms with Gasteiger partial charge in [-0.2, -0.15) is 0 Å². The van der Waals surface area contributed by atoms with Gasteiger partial charge in [-0.25, -0.2) is 0 Å². The first-order chi connectivity index (χ1) is 11.3. The van der Waals surface area contributed by atoms with Gasteiger partial charge in [0.25, 0.3) is 5.91 Å². The summed E-state index contributed by atoms with van der Waals surface area (Å²) in [4.78, 5) is 12.8. The molecule has 2 aromatic rings.